The van der Waals surface area contributed by atoms with Crippen molar-refractivity contribution < 1.29 is 35.8 Å². The second kappa shape index (κ2) is 62.7. The highest BCUT2D eigenvalue weighted by atomic mass is 32.2. The number of likely N-dealkylation sites (tertiary alicyclic amines) is 1. The number of benzene rings is 5. The van der Waals surface area contributed by atoms with Crippen LogP contribution in [-0.4, -0.2) is 72.4 Å². The molecule has 0 radical (unpaired) electrons. The lowest BCUT2D eigenvalue weighted by Crippen LogP contribution is -2.26. The topological polar surface area (TPSA) is 46.6 Å². The van der Waals surface area contributed by atoms with Crippen LogP contribution in [0.5, 0.6) is 5.88 Å². The zero-order valence-electron chi connectivity index (χ0n) is 74.2. The number of nitrogens with zero attached hydrogens (tertiary/aromatic N) is 2. The van der Waals surface area contributed by atoms with E-state index < -0.39 is 11.6 Å². The molecule has 5 aromatic carbocycles. The molecule has 0 amide bonds. The highest BCUT2D eigenvalue weighted by molar-refractivity contribution is 7.99. The average Bonchev–Trinajstić information content (AvgIpc) is 1.27. The Bertz CT molecular complexity index is 3310. The largest absolute Gasteiger partial charge is 0.481 e. The standard InChI is InChI=1S/2C11H15F.C11H16.C10H12F2.C10H14FNO.C10H13F.C9H14S.C7H15N.C5H13N.C5H12O.C5H12S.7CH4/c1-8-7-9(11(2,3)4)5-6-10(8)12;1-8-5-6-10(12)9(7-8)11(2,3)4;1-9-5-7-10(8-6-9)11(2,3)4;1-10(2,3)7-4-5-8(11)9(12)6-7;1-10(2,3)7-5-9(13-4)12-6-8(7)11;1-10(2,3)8-4-6-9(11)7-5-8;1-7-5-6-8(10-7)9(2,3)4;1-7(2)8-5-3-4-6-8;3*1-4-6-5(2)3;;;;;;;/h2*5-7H,1-4H3;5-8H,1-4H3;4-6H,1-3H3;5-6H,1-4H3;4-7H,1-3H3;5-6H,1-4H3;7H,3-6H2,1-2H3;5-6H,4H2,1-3H3;2*5H,4H2,1-3H3;7*1H4. The van der Waals surface area contributed by atoms with Gasteiger partial charge in [0.25, 0.3) is 0 Å². The molecule has 1 saturated heterocycles. The predicted octanol–water partition coefficient (Wildman–Crippen LogP) is 32.9. The number of thioether (sulfide) groups is 1. The van der Waals surface area contributed by atoms with E-state index in [1.54, 1.807) is 25.1 Å². The molecule has 1 aliphatic heterocycles. The van der Waals surface area contributed by atoms with Crippen molar-refractivity contribution in [2.45, 2.75) is 375 Å². The zero-order chi connectivity index (χ0) is 83.8. The Labute approximate surface area is 712 Å². The van der Waals surface area contributed by atoms with Crippen molar-refractivity contribution in [2.75, 3.05) is 39.1 Å². The van der Waals surface area contributed by atoms with Gasteiger partial charge in [0, 0.05) is 40.1 Å². The first-order valence-electron chi connectivity index (χ1n) is 38.6. The molecular weight excluding hydrogens is 1470 g/mol. The van der Waals surface area contributed by atoms with E-state index in [1.807, 2.05) is 143 Å². The second-order valence-corrected chi connectivity index (χ2v) is 38.5. The molecule has 0 saturated carbocycles. The molecule has 2 aromatic heterocycles. The summed E-state index contributed by atoms with van der Waals surface area (Å²) in [5, 5.41) is 4.02. The number of rotatable bonds is 8. The van der Waals surface area contributed by atoms with Gasteiger partial charge in [0.15, 0.2) is 11.6 Å². The van der Waals surface area contributed by atoms with Crippen molar-refractivity contribution in [2.24, 2.45) is 0 Å². The van der Waals surface area contributed by atoms with Crippen molar-refractivity contribution in [3.8, 4) is 5.88 Å². The number of aryl methyl sites for hydroxylation is 4. The lowest BCUT2D eigenvalue weighted by atomic mass is 9.86. The van der Waals surface area contributed by atoms with Gasteiger partial charge in [-0.1, -0.05) is 317 Å². The van der Waals surface area contributed by atoms with Crippen LogP contribution < -0.4 is 10.1 Å². The first-order chi connectivity index (χ1) is 48.8. The molecule has 664 valence electrons. The maximum absolute atomic E-state index is 13.3. The summed E-state index contributed by atoms with van der Waals surface area (Å²) < 4.78 is 87.1. The van der Waals surface area contributed by atoms with E-state index in [0.29, 0.717) is 29.0 Å². The number of ether oxygens (including phenoxy) is 2. The normalized spacial score (nSPS) is 11.5. The molecule has 0 spiro atoms. The summed E-state index contributed by atoms with van der Waals surface area (Å²) in [6.07, 6.45) is 4.42. The van der Waals surface area contributed by atoms with Gasteiger partial charge in [0.1, 0.15) is 23.3 Å². The van der Waals surface area contributed by atoms with E-state index in [-0.39, 0.29) is 108 Å². The quantitative estimate of drug-likeness (QED) is 0.153. The molecule has 7 aromatic rings. The van der Waals surface area contributed by atoms with Gasteiger partial charge < -0.3 is 19.7 Å². The monoisotopic (exact) mass is 1640 g/mol. The average molecular weight is 1650 g/mol. The Kier molecular flexibility index (Phi) is 71.1. The number of hydrogen-bond acceptors (Lipinski definition) is 7. The molecule has 1 fully saturated rings. The Morgan fingerprint density at radius 2 is 0.833 bits per heavy atom. The fourth-order valence-electron chi connectivity index (χ4n) is 9.57. The number of methoxy groups -OCH3 is 1. The minimum Gasteiger partial charge on any atom is -0.481 e. The highest BCUT2D eigenvalue weighted by Crippen LogP contribution is 2.31. The van der Waals surface area contributed by atoms with E-state index in [1.165, 1.54) is 107 Å². The Morgan fingerprint density at radius 1 is 0.439 bits per heavy atom. The van der Waals surface area contributed by atoms with E-state index in [4.69, 9.17) is 9.47 Å². The fourth-order valence-corrected chi connectivity index (χ4v) is 11.2. The van der Waals surface area contributed by atoms with Crippen LogP contribution in [0.4, 0.5) is 26.3 Å². The number of pyridine rings is 1. The van der Waals surface area contributed by atoms with Gasteiger partial charge in [-0.05, 0) is 226 Å². The van der Waals surface area contributed by atoms with Gasteiger partial charge in [-0.25, -0.2) is 31.3 Å². The van der Waals surface area contributed by atoms with E-state index in [2.05, 4.69) is 204 Å². The third-order valence-electron chi connectivity index (χ3n) is 16.2. The van der Waals surface area contributed by atoms with Crippen molar-refractivity contribution >= 4 is 23.1 Å². The zero-order valence-corrected chi connectivity index (χ0v) is 75.8. The summed E-state index contributed by atoms with van der Waals surface area (Å²) in [6.45, 7) is 80.2. The third kappa shape index (κ3) is 61.0. The number of thiophene rings is 1. The van der Waals surface area contributed by atoms with Crippen molar-refractivity contribution in [1.82, 2.24) is 15.2 Å². The van der Waals surface area contributed by atoms with Crippen LogP contribution >= 0.6 is 23.1 Å². The summed E-state index contributed by atoms with van der Waals surface area (Å²) in [5.41, 5.74) is 9.54. The first-order valence-corrected chi connectivity index (χ1v) is 40.5. The molecule has 13 heteroatoms. The van der Waals surface area contributed by atoms with Crippen molar-refractivity contribution in [3.63, 3.8) is 0 Å². The SMILES string of the molecule is C.C.C.C.C.C.C.CC(C)(C)c1ccc(F)c(F)c1.CC(C)(C)c1ccc(F)cc1.CC(C)N1CCCC1.CCNC(C)C.CCOC(C)C.CCSC(C)C.COc1cc(C(C)(C)C)c(F)cn1.Cc1cc(C(C)(C)C)ccc1F.Cc1ccc(C(C)(C)C)cc1.Cc1ccc(C(C)(C)C)s1.Cc1ccc(F)c(C(C)(C)C)c1. The molecule has 5 nitrogen and oxygen atoms in total. The minimum atomic E-state index is -0.789. The van der Waals surface area contributed by atoms with Crippen molar-refractivity contribution in [3.05, 3.63) is 222 Å². The van der Waals surface area contributed by atoms with Gasteiger partial charge in [-0.3, -0.25) is 0 Å². The van der Waals surface area contributed by atoms with Crippen LogP contribution in [0.3, 0.4) is 0 Å². The Morgan fingerprint density at radius 3 is 1.11 bits per heavy atom. The maximum Gasteiger partial charge on any atom is 0.213 e. The summed E-state index contributed by atoms with van der Waals surface area (Å²) in [5.74, 6) is -0.545. The number of nitrogens with one attached hydrogen (secondary N) is 1. The lowest BCUT2D eigenvalue weighted by Gasteiger charge is -2.20. The molecule has 0 aliphatic carbocycles. The van der Waals surface area contributed by atoms with Crippen LogP contribution in [-0.2, 0) is 42.6 Å². The molecule has 0 bridgehead atoms. The molecule has 114 heavy (non-hydrogen) atoms. The van der Waals surface area contributed by atoms with E-state index in [0.717, 1.165) is 52.8 Å². The number of aromatic nitrogens is 1. The number of halogens is 6. The smallest absolute Gasteiger partial charge is 0.213 e. The van der Waals surface area contributed by atoms with Gasteiger partial charge in [-0.15, -0.1) is 11.3 Å². The van der Waals surface area contributed by atoms with Gasteiger partial charge in [0.2, 0.25) is 5.88 Å². The number of hydrogen-bond donors (Lipinski definition) is 1. The molecule has 8 rings (SSSR count). The molecule has 3 heterocycles. The Hall–Kier alpha value is -5.44. The molecule has 1 N–H and O–H groups in total. The van der Waals surface area contributed by atoms with Crippen LogP contribution in [0, 0.1) is 62.6 Å². The van der Waals surface area contributed by atoms with Crippen LogP contribution in [0.25, 0.3) is 0 Å². The van der Waals surface area contributed by atoms with Crippen LogP contribution in [0.1, 0.15) is 346 Å². The van der Waals surface area contributed by atoms with Gasteiger partial charge in [-0.2, -0.15) is 11.8 Å². The summed E-state index contributed by atoms with van der Waals surface area (Å²) in [6, 6.07) is 37.4. The van der Waals surface area contributed by atoms with E-state index in [9.17, 15) is 26.3 Å². The van der Waals surface area contributed by atoms with Crippen LogP contribution in [0.2, 0.25) is 0 Å². The fraction of sp³-hybridized carbons (Fsp3) is 0.614. The third-order valence-corrected chi connectivity index (χ3v) is 18.6. The van der Waals surface area contributed by atoms with Gasteiger partial charge >= 0.3 is 0 Å². The molecule has 0 unspecified atom stereocenters. The molecule has 1 aliphatic rings. The summed E-state index contributed by atoms with van der Waals surface area (Å²) >= 11 is 3.88. The summed E-state index contributed by atoms with van der Waals surface area (Å²) in [7, 11) is 1.52. The maximum atomic E-state index is 13.3. The summed E-state index contributed by atoms with van der Waals surface area (Å²) in [4.78, 5) is 9.19. The van der Waals surface area contributed by atoms with Crippen LogP contribution in [0.15, 0.2) is 128 Å². The van der Waals surface area contributed by atoms with Crippen molar-refractivity contribution in [1.29, 1.82) is 0 Å². The first kappa shape index (κ1) is 129. The second-order valence-electron chi connectivity index (χ2n) is 35.4. The minimum absolute atomic E-state index is 0. The van der Waals surface area contributed by atoms with E-state index >= 15 is 0 Å². The van der Waals surface area contributed by atoms with Gasteiger partial charge in [0.05, 0.1) is 19.4 Å². The predicted molar refractivity (Wildman–Crippen MR) is 509 cm³/mol. The molecule has 0 atom stereocenters. The Balaban J connectivity index is -0.000000131. The molecular formula is C101H179F6N3O2S2. The lowest BCUT2D eigenvalue weighted by molar-refractivity contribution is 0.0899. The highest BCUT2D eigenvalue weighted by Gasteiger charge is 2.22.